The first-order valence-electron chi connectivity index (χ1n) is 7.65. The molecule has 0 aliphatic rings. The number of hydrogen-bond acceptors (Lipinski definition) is 6. The normalized spacial score (nSPS) is 10.5. The van der Waals surface area contributed by atoms with E-state index in [1.807, 2.05) is 0 Å². The maximum atomic E-state index is 12.5. The molecule has 0 aliphatic heterocycles. The van der Waals surface area contributed by atoms with Crippen LogP contribution in [-0.2, 0) is 6.54 Å². The molecule has 3 rings (SSSR count). The second-order valence-electron chi connectivity index (χ2n) is 5.42. The predicted molar refractivity (Wildman–Crippen MR) is 93.5 cm³/mol. The average Bonchev–Trinajstić information content (AvgIpc) is 3.09. The predicted octanol–water partition coefficient (Wildman–Crippen LogP) is 2.42. The molecule has 1 amide bonds. The number of H-pyrrole nitrogens is 1. The Hall–Kier alpha value is -3.62. The Bertz CT molecular complexity index is 982. The standard InChI is InChI=1S/C17H16N4O5/c1-25-12-5-3-10(15(8-12)26-2)9-18-17(22)16-13-7-11(21(23)24)4-6-14(13)19-20-16/h3-8H,9H2,1-2H3,(H,18,22)(H,19,20). The number of aromatic amines is 1. The highest BCUT2D eigenvalue weighted by Gasteiger charge is 2.17. The van der Waals surface area contributed by atoms with Crippen LogP contribution in [-0.4, -0.2) is 35.2 Å². The van der Waals surface area contributed by atoms with Crippen molar-refractivity contribution in [1.82, 2.24) is 15.5 Å². The number of non-ortho nitro benzene ring substituents is 1. The minimum Gasteiger partial charge on any atom is -0.497 e. The molecule has 0 radical (unpaired) electrons. The zero-order valence-corrected chi connectivity index (χ0v) is 14.1. The van der Waals surface area contributed by atoms with Gasteiger partial charge >= 0.3 is 0 Å². The summed E-state index contributed by atoms with van der Waals surface area (Å²) in [5, 5.41) is 20.7. The number of aromatic nitrogens is 2. The highest BCUT2D eigenvalue weighted by molar-refractivity contribution is 6.05. The summed E-state index contributed by atoms with van der Waals surface area (Å²) < 4.78 is 10.4. The molecule has 0 atom stereocenters. The zero-order chi connectivity index (χ0) is 18.7. The number of rotatable bonds is 6. The average molecular weight is 356 g/mol. The van der Waals surface area contributed by atoms with E-state index >= 15 is 0 Å². The number of amides is 1. The molecule has 2 aromatic carbocycles. The fourth-order valence-corrected chi connectivity index (χ4v) is 2.55. The number of nitro groups is 1. The maximum absolute atomic E-state index is 12.5. The van der Waals surface area contributed by atoms with E-state index in [-0.39, 0.29) is 17.9 Å². The molecule has 1 aromatic heterocycles. The number of nitrogens with zero attached hydrogens (tertiary/aromatic N) is 2. The van der Waals surface area contributed by atoms with Gasteiger partial charge in [0.1, 0.15) is 11.5 Å². The summed E-state index contributed by atoms with van der Waals surface area (Å²) in [7, 11) is 3.08. The second-order valence-corrected chi connectivity index (χ2v) is 5.42. The van der Waals surface area contributed by atoms with Gasteiger partial charge in [0, 0.05) is 35.7 Å². The van der Waals surface area contributed by atoms with Crippen LogP contribution in [0.25, 0.3) is 10.9 Å². The van der Waals surface area contributed by atoms with Crippen molar-refractivity contribution in [3.63, 3.8) is 0 Å². The molecule has 26 heavy (non-hydrogen) atoms. The summed E-state index contributed by atoms with van der Waals surface area (Å²) in [6, 6.07) is 9.45. The van der Waals surface area contributed by atoms with E-state index in [9.17, 15) is 14.9 Å². The van der Waals surface area contributed by atoms with Crippen molar-refractivity contribution in [2.24, 2.45) is 0 Å². The Morgan fingerprint density at radius 2 is 2.04 bits per heavy atom. The molecule has 0 aliphatic carbocycles. The van der Waals surface area contributed by atoms with E-state index in [0.717, 1.165) is 5.56 Å². The molecule has 0 bridgehead atoms. The number of hydrogen-bond donors (Lipinski definition) is 2. The molecular weight excluding hydrogens is 340 g/mol. The van der Waals surface area contributed by atoms with Gasteiger partial charge in [0.05, 0.1) is 24.7 Å². The number of carbonyl (C=O) groups excluding carboxylic acids is 1. The van der Waals surface area contributed by atoms with Gasteiger partial charge in [-0.05, 0) is 18.2 Å². The van der Waals surface area contributed by atoms with Crippen molar-refractivity contribution < 1.29 is 19.2 Å². The van der Waals surface area contributed by atoms with E-state index in [0.29, 0.717) is 22.4 Å². The lowest BCUT2D eigenvalue weighted by atomic mass is 10.1. The lowest BCUT2D eigenvalue weighted by Gasteiger charge is -2.11. The highest BCUT2D eigenvalue weighted by Crippen LogP contribution is 2.25. The summed E-state index contributed by atoms with van der Waals surface area (Å²) >= 11 is 0. The fraction of sp³-hybridized carbons (Fsp3) is 0.176. The molecule has 1 heterocycles. The van der Waals surface area contributed by atoms with Crippen LogP contribution >= 0.6 is 0 Å². The van der Waals surface area contributed by atoms with Crippen LogP contribution in [0.2, 0.25) is 0 Å². The summed E-state index contributed by atoms with van der Waals surface area (Å²) in [4.78, 5) is 22.9. The van der Waals surface area contributed by atoms with Crippen molar-refractivity contribution in [1.29, 1.82) is 0 Å². The Morgan fingerprint density at radius 3 is 2.73 bits per heavy atom. The van der Waals surface area contributed by atoms with E-state index < -0.39 is 10.8 Å². The molecule has 9 heteroatoms. The fourth-order valence-electron chi connectivity index (χ4n) is 2.55. The number of carbonyl (C=O) groups is 1. The van der Waals surface area contributed by atoms with Gasteiger partial charge in [0.25, 0.3) is 11.6 Å². The summed E-state index contributed by atoms with van der Waals surface area (Å²) in [6.45, 7) is 0.204. The molecule has 0 unspecified atom stereocenters. The first-order valence-corrected chi connectivity index (χ1v) is 7.65. The lowest BCUT2D eigenvalue weighted by Crippen LogP contribution is -2.23. The van der Waals surface area contributed by atoms with E-state index in [4.69, 9.17) is 9.47 Å². The molecule has 0 spiro atoms. The van der Waals surface area contributed by atoms with Crippen LogP contribution in [0.5, 0.6) is 11.5 Å². The van der Waals surface area contributed by atoms with E-state index in [2.05, 4.69) is 15.5 Å². The smallest absolute Gasteiger partial charge is 0.272 e. The van der Waals surface area contributed by atoms with Gasteiger partial charge in [-0.3, -0.25) is 20.0 Å². The molecule has 0 saturated carbocycles. The number of methoxy groups -OCH3 is 2. The van der Waals surface area contributed by atoms with Crippen LogP contribution in [0.4, 0.5) is 5.69 Å². The SMILES string of the molecule is COc1ccc(CNC(=O)c2n[nH]c3ccc([N+](=O)[O-])cc23)c(OC)c1. The van der Waals surface area contributed by atoms with Crippen LogP contribution < -0.4 is 14.8 Å². The minimum atomic E-state index is -0.518. The highest BCUT2D eigenvalue weighted by atomic mass is 16.6. The van der Waals surface area contributed by atoms with Crippen LogP contribution in [0, 0.1) is 10.1 Å². The maximum Gasteiger partial charge on any atom is 0.272 e. The molecule has 0 fully saturated rings. The molecule has 2 N–H and O–H groups in total. The van der Waals surface area contributed by atoms with Gasteiger partial charge in [0.2, 0.25) is 0 Å². The van der Waals surface area contributed by atoms with Crippen molar-refractivity contribution in [2.75, 3.05) is 14.2 Å². The molecule has 134 valence electrons. The number of nitro benzene ring substituents is 1. The quantitative estimate of drug-likeness (QED) is 0.517. The number of benzene rings is 2. The van der Waals surface area contributed by atoms with E-state index in [1.54, 1.807) is 25.3 Å². The first kappa shape index (κ1) is 17.2. The van der Waals surface area contributed by atoms with Gasteiger partial charge in [-0.15, -0.1) is 0 Å². The van der Waals surface area contributed by atoms with Crippen LogP contribution in [0.3, 0.4) is 0 Å². The van der Waals surface area contributed by atoms with Gasteiger partial charge in [0.15, 0.2) is 5.69 Å². The molecule has 9 nitrogen and oxygen atoms in total. The Kier molecular flexibility index (Phi) is 4.70. The Labute approximate surface area is 148 Å². The Balaban J connectivity index is 1.82. The van der Waals surface area contributed by atoms with Gasteiger partial charge < -0.3 is 14.8 Å². The lowest BCUT2D eigenvalue weighted by molar-refractivity contribution is -0.384. The Morgan fingerprint density at radius 1 is 1.23 bits per heavy atom. The molecular formula is C17H16N4O5. The summed E-state index contributed by atoms with van der Waals surface area (Å²) in [6.07, 6.45) is 0. The third-order valence-electron chi connectivity index (χ3n) is 3.91. The molecule has 0 saturated heterocycles. The van der Waals surface area contributed by atoms with Crippen molar-refractivity contribution in [2.45, 2.75) is 6.54 Å². The third kappa shape index (κ3) is 3.27. The van der Waals surface area contributed by atoms with Crippen molar-refractivity contribution >= 4 is 22.5 Å². The summed E-state index contributed by atoms with van der Waals surface area (Å²) in [5.41, 5.74) is 1.29. The third-order valence-corrected chi connectivity index (χ3v) is 3.91. The van der Waals surface area contributed by atoms with Crippen molar-refractivity contribution in [3.05, 3.63) is 57.8 Å². The van der Waals surface area contributed by atoms with Crippen LogP contribution in [0.15, 0.2) is 36.4 Å². The minimum absolute atomic E-state index is 0.0937. The first-order chi connectivity index (χ1) is 12.5. The number of fused-ring (bicyclic) bond motifs is 1. The van der Waals surface area contributed by atoms with E-state index in [1.165, 1.54) is 25.3 Å². The number of ether oxygens (including phenoxy) is 2. The van der Waals surface area contributed by atoms with Gasteiger partial charge in [-0.25, -0.2) is 0 Å². The van der Waals surface area contributed by atoms with Gasteiger partial charge in [-0.2, -0.15) is 5.10 Å². The zero-order valence-electron chi connectivity index (χ0n) is 14.1. The topological polar surface area (TPSA) is 119 Å². The largest absolute Gasteiger partial charge is 0.497 e. The van der Waals surface area contributed by atoms with Crippen molar-refractivity contribution in [3.8, 4) is 11.5 Å². The van der Waals surface area contributed by atoms with Gasteiger partial charge in [-0.1, -0.05) is 0 Å². The molecule has 3 aromatic rings. The summed E-state index contributed by atoms with van der Waals surface area (Å²) in [5.74, 6) is 0.768. The number of nitrogens with one attached hydrogen (secondary N) is 2. The monoisotopic (exact) mass is 356 g/mol. The van der Waals surface area contributed by atoms with Crippen LogP contribution in [0.1, 0.15) is 16.1 Å². The second kappa shape index (κ2) is 7.09.